The van der Waals surface area contributed by atoms with Gasteiger partial charge in [0.15, 0.2) is 0 Å². The van der Waals surface area contributed by atoms with Crippen molar-refractivity contribution in [3.8, 4) is 11.1 Å². The highest BCUT2D eigenvalue weighted by Gasteiger charge is 1.91. The maximum Gasteiger partial charge on any atom is 0.327 e. The number of carboxylic acid groups (broad SMARTS) is 1. The largest absolute Gasteiger partial charge is 0.478 e. The molecule has 0 unspecified atom stereocenters. The van der Waals surface area contributed by atoms with Crippen molar-refractivity contribution in [1.29, 1.82) is 0 Å². The molecule has 0 aromatic heterocycles. The minimum Gasteiger partial charge on any atom is -0.478 e. The summed E-state index contributed by atoms with van der Waals surface area (Å²) >= 11 is 0. The number of hydrogen-bond acceptors (Lipinski definition) is 1. The molecule has 2 rings (SSSR count). The highest BCUT2D eigenvalue weighted by Crippen LogP contribution is 2.17. The van der Waals surface area contributed by atoms with Gasteiger partial charge in [-0.3, -0.25) is 0 Å². The Labute approximate surface area is 101 Å². The van der Waals surface area contributed by atoms with Crippen LogP contribution in [0.1, 0.15) is 0 Å². The molecule has 17 heavy (non-hydrogen) atoms. The second kappa shape index (κ2) is 7.01. The highest BCUT2D eigenvalue weighted by atomic mass is 16.4. The van der Waals surface area contributed by atoms with Gasteiger partial charge in [-0.15, -0.1) is 0 Å². The lowest BCUT2D eigenvalue weighted by Crippen LogP contribution is -1.82. The van der Waals surface area contributed by atoms with Crippen molar-refractivity contribution < 1.29 is 9.90 Å². The van der Waals surface area contributed by atoms with E-state index in [1.54, 1.807) is 0 Å². The van der Waals surface area contributed by atoms with Gasteiger partial charge in [0, 0.05) is 6.08 Å². The molecule has 0 aliphatic rings. The summed E-state index contributed by atoms with van der Waals surface area (Å²) in [4.78, 5) is 9.25. The van der Waals surface area contributed by atoms with E-state index in [-0.39, 0.29) is 0 Å². The van der Waals surface area contributed by atoms with Crippen LogP contribution in [0.25, 0.3) is 11.1 Å². The molecule has 2 aromatic carbocycles. The predicted octanol–water partition coefficient (Wildman–Crippen LogP) is 3.61. The van der Waals surface area contributed by atoms with E-state index in [1.165, 1.54) is 11.1 Å². The zero-order chi connectivity index (χ0) is 12.5. The van der Waals surface area contributed by atoms with Crippen molar-refractivity contribution in [3.63, 3.8) is 0 Å². The summed E-state index contributed by atoms with van der Waals surface area (Å²) in [6.07, 6.45) is 0.833. The van der Waals surface area contributed by atoms with Gasteiger partial charge in [0.1, 0.15) is 0 Å². The fourth-order valence-electron chi connectivity index (χ4n) is 1.26. The van der Waals surface area contributed by atoms with Gasteiger partial charge in [0.25, 0.3) is 0 Å². The summed E-state index contributed by atoms with van der Waals surface area (Å²) in [5.74, 6) is -0.981. The van der Waals surface area contributed by atoms with Crippen molar-refractivity contribution in [3.05, 3.63) is 73.3 Å². The van der Waals surface area contributed by atoms with E-state index in [0.29, 0.717) is 0 Å². The normalized spacial score (nSPS) is 8.71. The smallest absolute Gasteiger partial charge is 0.327 e. The third-order valence-electron chi connectivity index (χ3n) is 2.06. The van der Waals surface area contributed by atoms with Gasteiger partial charge in [-0.25, -0.2) is 4.79 Å². The molecular formula is C15H14O2. The van der Waals surface area contributed by atoms with E-state index in [2.05, 4.69) is 55.1 Å². The molecule has 86 valence electrons. The van der Waals surface area contributed by atoms with E-state index in [0.717, 1.165) is 6.08 Å². The first-order valence-electron chi connectivity index (χ1n) is 5.20. The molecule has 0 atom stereocenters. The Morgan fingerprint density at radius 1 is 0.882 bits per heavy atom. The van der Waals surface area contributed by atoms with Crippen molar-refractivity contribution in [2.75, 3.05) is 0 Å². The van der Waals surface area contributed by atoms with Crippen LogP contribution in [0.5, 0.6) is 0 Å². The first-order chi connectivity index (χ1) is 8.24. The Hall–Kier alpha value is -2.35. The molecule has 0 saturated heterocycles. The molecule has 0 aliphatic carbocycles. The number of aliphatic carboxylic acids is 1. The van der Waals surface area contributed by atoms with Crippen LogP contribution >= 0.6 is 0 Å². The zero-order valence-corrected chi connectivity index (χ0v) is 9.41. The number of carbonyl (C=O) groups is 1. The molecule has 1 N–H and O–H groups in total. The lowest BCUT2D eigenvalue weighted by Gasteiger charge is -1.98. The van der Waals surface area contributed by atoms with Crippen LogP contribution in [0.2, 0.25) is 0 Å². The Morgan fingerprint density at radius 2 is 1.18 bits per heavy atom. The second-order valence-corrected chi connectivity index (χ2v) is 3.27. The first-order valence-corrected chi connectivity index (χ1v) is 5.20. The molecule has 0 fully saturated rings. The van der Waals surface area contributed by atoms with Crippen molar-refractivity contribution in [2.24, 2.45) is 0 Å². The molecule has 2 nitrogen and oxygen atoms in total. The zero-order valence-electron chi connectivity index (χ0n) is 9.41. The standard InChI is InChI=1S/C12H10.C3H4O2/c1-3-7-11(8-4-1)12-9-5-2-6-10-12;1-2-3(4)5/h1-10H;2H,1H2,(H,4,5). The lowest BCUT2D eigenvalue weighted by atomic mass is 10.1. The van der Waals surface area contributed by atoms with Gasteiger partial charge in [0.2, 0.25) is 0 Å². The molecule has 0 amide bonds. The third kappa shape index (κ3) is 4.80. The minimum absolute atomic E-state index is 0.833. The predicted molar refractivity (Wildman–Crippen MR) is 69.7 cm³/mol. The quantitative estimate of drug-likeness (QED) is 0.794. The Balaban J connectivity index is 0.000000249. The Bertz CT molecular complexity index is 423. The molecule has 0 saturated carbocycles. The van der Waals surface area contributed by atoms with Gasteiger partial charge in [-0.05, 0) is 11.1 Å². The monoisotopic (exact) mass is 226 g/mol. The first kappa shape index (κ1) is 12.7. The van der Waals surface area contributed by atoms with E-state index in [4.69, 9.17) is 5.11 Å². The molecule has 2 aromatic rings. The van der Waals surface area contributed by atoms with Crippen molar-refractivity contribution >= 4 is 5.97 Å². The number of carboxylic acids is 1. The van der Waals surface area contributed by atoms with E-state index < -0.39 is 5.97 Å². The molecular weight excluding hydrogens is 212 g/mol. The number of benzene rings is 2. The maximum atomic E-state index is 9.25. The van der Waals surface area contributed by atoms with Crippen LogP contribution in [0.3, 0.4) is 0 Å². The summed E-state index contributed by atoms with van der Waals surface area (Å²) in [6.45, 7) is 2.96. The van der Waals surface area contributed by atoms with Crippen LogP contribution in [0.4, 0.5) is 0 Å². The van der Waals surface area contributed by atoms with Gasteiger partial charge in [-0.2, -0.15) is 0 Å². The average Bonchev–Trinajstić information content (AvgIpc) is 2.41. The lowest BCUT2D eigenvalue weighted by molar-refractivity contribution is -0.131. The molecule has 2 heteroatoms. The van der Waals surface area contributed by atoms with Gasteiger partial charge in [0.05, 0.1) is 0 Å². The van der Waals surface area contributed by atoms with Crippen LogP contribution in [-0.2, 0) is 4.79 Å². The Kier molecular flexibility index (Phi) is 5.25. The van der Waals surface area contributed by atoms with Crippen LogP contribution in [-0.4, -0.2) is 11.1 Å². The topological polar surface area (TPSA) is 37.3 Å². The van der Waals surface area contributed by atoms with Crippen LogP contribution in [0, 0.1) is 0 Å². The van der Waals surface area contributed by atoms with Crippen LogP contribution in [0.15, 0.2) is 73.3 Å². The second-order valence-electron chi connectivity index (χ2n) is 3.27. The summed E-state index contributed by atoms with van der Waals surface area (Å²) in [5.41, 5.74) is 2.55. The average molecular weight is 226 g/mol. The third-order valence-corrected chi connectivity index (χ3v) is 2.06. The Morgan fingerprint density at radius 3 is 1.41 bits per heavy atom. The summed E-state index contributed by atoms with van der Waals surface area (Å²) in [5, 5.41) is 7.60. The minimum atomic E-state index is -0.981. The fraction of sp³-hybridized carbons (Fsp3) is 0. The molecule has 0 aliphatic heterocycles. The number of rotatable bonds is 2. The number of hydrogen-bond donors (Lipinski definition) is 1. The van der Waals surface area contributed by atoms with E-state index in [9.17, 15) is 4.79 Å². The molecule has 0 radical (unpaired) electrons. The summed E-state index contributed by atoms with van der Waals surface area (Å²) in [6, 6.07) is 20.8. The van der Waals surface area contributed by atoms with E-state index in [1.807, 2.05) is 12.1 Å². The van der Waals surface area contributed by atoms with Crippen LogP contribution < -0.4 is 0 Å². The van der Waals surface area contributed by atoms with Crippen molar-refractivity contribution in [2.45, 2.75) is 0 Å². The van der Waals surface area contributed by atoms with Gasteiger partial charge in [-0.1, -0.05) is 67.2 Å². The molecule has 0 heterocycles. The molecule has 0 spiro atoms. The summed E-state index contributed by atoms with van der Waals surface area (Å²) in [7, 11) is 0. The summed E-state index contributed by atoms with van der Waals surface area (Å²) < 4.78 is 0. The van der Waals surface area contributed by atoms with Gasteiger partial charge < -0.3 is 5.11 Å². The fourth-order valence-corrected chi connectivity index (χ4v) is 1.26. The maximum absolute atomic E-state index is 9.25. The van der Waals surface area contributed by atoms with Gasteiger partial charge >= 0.3 is 5.97 Å². The van der Waals surface area contributed by atoms with E-state index >= 15 is 0 Å². The van der Waals surface area contributed by atoms with Crippen molar-refractivity contribution in [1.82, 2.24) is 0 Å². The highest BCUT2D eigenvalue weighted by molar-refractivity contribution is 5.78. The molecule has 0 bridgehead atoms. The SMILES string of the molecule is C=CC(=O)O.c1ccc(-c2ccccc2)cc1.